The van der Waals surface area contributed by atoms with Crippen LogP contribution < -0.4 is 5.56 Å². The van der Waals surface area contributed by atoms with Gasteiger partial charge in [-0.3, -0.25) is 4.79 Å². The molecule has 0 aliphatic heterocycles. The summed E-state index contributed by atoms with van der Waals surface area (Å²) in [5.74, 6) is 0.246. The number of aromatic nitrogens is 4. The lowest BCUT2D eigenvalue weighted by molar-refractivity contribution is 0.391. The molecular weight excluding hydrogens is 386 g/mol. The summed E-state index contributed by atoms with van der Waals surface area (Å²) in [7, 11) is 0. The third kappa shape index (κ3) is 4.15. The third-order valence-corrected chi connectivity index (χ3v) is 4.62. The molecule has 4 aromatic rings. The van der Waals surface area contributed by atoms with Crippen molar-refractivity contribution in [2.75, 3.05) is 0 Å². The Morgan fingerprint density at radius 3 is 2.25 bits per heavy atom. The monoisotopic (exact) mass is 398 g/mol. The number of nitrogens with zero attached hydrogens (tertiary/aromatic N) is 3. The molecule has 0 bridgehead atoms. The average molecular weight is 398 g/mol. The quantitative estimate of drug-likeness (QED) is 0.403. The van der Waals surface area contributed by atoms with Crippen molar-refractivity contribution in [3.63, 3.8) is 0 Å². The molecule has 0 atom stereocenters. The fraction of sp³-hybridized carbons (Fsp3) is 0.0526. The molecule has 28 heavy (non-hydrogen) atoms. The van der Waals surface area contributed by atoms with Crippen LogP contribution in [0.15, 0.2) is 69.1 Å². The van der Waals surface area contributed by atoms with Crippen molar-refractivity contribution < 1.29 is 13.3 Å². The highest BCUT2D eigenvalue weighted by Crippen LogP contribution is 2.23. The van der Waals surface area contributed by atoms with Crippen LogP contribution >= 0.6 is 11.8 Å². The highest BCUT2D eigenvalue weighted by atomic mass is 32.2. The summed E-state index contributed by atoms with van der Waals surface area (Å²) in [6.45, 7) is 0. The molecule has 0 saturated carbocycles. The minimum Gasteiger partial charge on any atom is -0.338 e. The zero-order valence-corrected chi connectivity index (χ0v) is 15.0. The molecule has 0 saturated heterocycles. The molecule has 1 N–H and O–H groups in total. The molecule has 0 radical (unpaired) electrons. The fourth-order valence-corrected chi connectivity index (χ4v) is 3.15. The Kier molecular flexibility index (Phi) is 4.98. The Labute approximate surface area is 161 Å². The van der Waals surface area contributed by atoms with Crippen LogP contribution in [0.1, 0.15) is 5.89 Å². The summed E-state index contributed by atoms with van der Waals surface area (Å²) < 4.78 is 31.3. The van der Waals surface area contributed by atoms with Gasteiger partial charge in [0.1, 0.15) is 11.6 Å². The van der Waals surface area contributed by atoms with Gasteiger partial charge in [-0.2, -0.15) is 4.98 Å². The van der Waals surface area contributed by atoms with Crippen molar-refractivity contribution in [2.24, 2.45) is 0 Å². The van der Waals surface area contributed by atoms with Crippen molar-refractivity contribution in [1.82, 2.24) is 20.1 Å². The lowest BCUT2D eigenvalue weighted by atomic mass is 10.1. The number of H-pyrrole nitrogens is 1. The Morgan fingerprint density at radius 1 is 0.929 bits per heavy atom. The van der Waals surface area contributed by atoms with Crippen molar-refractivity contribution in [3.8, 4) is 22.6 Å². The summed E-state index contributed by atoms with van der Waals surface area (Å²) in [5, 5.41) is 4.24. The molecular formula is C19H12F2N4O2S. The van der Waals surface area contributed by atoms with E-state index in [9.17, 15) is 13.6 Å². The molecule has 140 valence electrons. The second-order valence-electron chi connectivity index (χ2n) is 5.75. The molecule has 2 aromatic carbocycles. The van der Waals surface area contributed by atoms with E-state index in [1.807, 2.05) is 0 Å². The topological polar surface area (TPSA) is 84.7 Å². The molecule has 0 unspecified atom stereocenters. The van der Waals surface area contributed by atoms with Crippen LogP contribution in [-0.4, -0.2) is 20.1 Å². The third-order valence-electron chi connectivity index (χ3n) is 3.76. The Balaban J connectivity index is 1.50. The van der Waals surface area contributed by atoms with Crippen LogP contribution in [-0.2, 0) is 5.75 Å². The van der Waals surface area contributed by atoms with Gasteiger partial charge in [0, 0.05) is 17.2 Å². The summed E-state index contributed by atoms with van der Waals surface area (Å²) in [4.78, 5) is 23.2. The summed E-state index contributed by atoms with van der Waals surface area (Å²) >= 11 is 1.21. The summed E-state index contributed by atoms with van der Waals surface area (Å²) in [6, 6.07) is 12.8. The first-order valence-corrected chi connectivity index (χ1v) is 9.14. The van der Waals surface area contributed by atoms with Gasteiger partial charge in [-0.25, -0.2) is 13.8 Å². The lowest BCUT2D eigenvalue weighted by Crippen LogP contribution is -2.08. The van der Waals surface area contributed by atoms with E-state index in [2.05, 4.69) is 20.1 Å². The molecule has 0 aliphatic carbocycles. The van der Waals surface area contributed by atoms with E-state index in [-0.39, 0.29) is 22.9 Å². The maximum Gasteiger partial charge on any atom is 0.252 e. The van der Waals surface area contributed by atoms with E-state index in [0.29, 0.717) is 33.7 Å². The predicted octanol–water partition coefficient (Wildman–Crippen LogP) is 4.06. The second-order valence-corrected chi connectivity index (χ2v) is 6.71. The van der Waals surface area contributed by atoms with Gasteiger partial charge in [-0.05, 0) is 48.5 Å². The molecule has 6 nitrogen and oxygen atoms in total. The number of halogens is 2. The zero-order valence-electron chi connectivity index (χ0n) is 14.2. The largest absolute Gasteiger partial charge is 0.338 e. The van der Waals surface area contributed by atoms with Crippen LogP contribution in [0.3, 0.4) is 0 Å². The van der Waals surface area contributed by atoms with Gasteiger partial charge in [-0.1, -0.05) is 16.9 Å². The molecule has 2 heterocycles. The van der Waals surface area contributed by atoms with Crippen molar-refractivity contribution in [1.29, 1.82) is 0 Å². The van der Waals surface area contributed by atoms with Gasteiger partial charge in [0.2, 0.25) is 11.7 Å². The van der Waals surface area contributed by atoms with Crippen LogP contribution in [0.5, 0.6) is 0 Å². The van der Waals surface area contributed by atoms with Crippen LogP contribution in [0.2, 0.25) is 0 Å². The summed E-state index contributed by atoms with van der Waals surface area (Å²) in [6.07, 6.45) is 0. The van der Waals surface area contributed by atoms with Crippen LogP contribution in [0, 0.1) is 11.6 Å². The normalized spacial score (nSPS) is 10.9. The van der Waals surface area contributed by atoms with E-state index in [0.717, 1.165) is 0 Å². The number of benzene rings is 2. The lowest BCUT2D eigenvalue weighted by Gasteiger charge is -2.03. The fourth-order valence-electron chi connectivity index (χ4n) is 2.43. The number of aromatic amines is 1. The van der Waals surface area contributed by atoms with Crippen LogP contribution in [0.4, 0.5) is 8.78 Å². The standard InChI is InChI=1S/C19H12F2N4O2S/c20-13-5-1-11(2-6-13)15-9-16(26)23-19(22-15)28-10-17-24-18(25-27-17)12-3-7-14(21)8-4-12/h1-9H,10H2,(H,22,23,26). The van der Waals surface area contributed by atoms with Crippen LogP contribution in [0.25, 0.3) is 22.6 Å². The van der Waals surface area contributed by atoms with Crippen molar-refractivity contribution in [2.45, 2.75) is 10.9 Å². The van der Waals surface area contributed by atoms with Gasteiger partial charge >= 0.3 is 0 Å². The van der Waals surface area contributed by atoms with E-state index in [1.54, 1.807) is 24.3 Å². The zero-order chi connectivity index (χ0) is 19.5. The number of hydrogen-bond donors (Lipinski definition) is 1. The minimum atomic E-state index is -0.364. The molecule has 0 aliphatic rings. The first-order chi connectivity index (χ1) is 13.6. The van der Waals surface area contributed by atoms with Gasteiger partial charge in [0.15, 0.2) is 5.16 Å². The highest BCUT2D eigenvalue weighted by molar-refractivity contribution is 7.98. The second kappa shape index (κ2) is 7.73. The number of hydrogen-bond acceptors (Lipinski definition) is 6. The minimum absolute atomic E-state index is 0.282. The predicted molar refractivity (Wildman–Crippen MR) is 99.5 cm³/mol. The van der Waals surface area contributed by atoms with Gasteiger partial charge in [-0.15, -0.1) is 0 Å². The van der Waals surface area contributed by atoms with E-state index in [1.165, 1.54) is 42.1 Å². The number of rotatable bonds is 5. The van der Waals surface area contributed by atoms with E-state index < -0.39 is 0 Å². The molecule has 9 heteroatoms. The van der Waals surface area contributed by atoms with Crippen molar-refractivity contribution >= 4 is 11.8 Å². The van der Waals surface area contributed by atoms with E-state index in [4.69, 9.17) is 4.52 Å². The Bertz CT molecular complexity index is 1160. The SMILES string of the molecule is O=c1cc(-c2ccc(F)cc2)nc(SCc2nc(-c3ccc(F)cc3)no2)[nH]1. The van der Waals surface area contributed by atoms with Gasteiger partial charge < -0.3 is 9.51 Å². The van der Waals surface area contributed by atoms with Crippen molar-refractivity contribution in [3.05, 3.63) is 82.5 Å². The first kappa shape index (κ1) is 18.1. The first-order valence-electron chi connectivity index (χ1n) is 8.15. The summed E-state index contributed by atoms with van der Waals surface area (Å²) in [5.41, 5.74) is 1.37. The van der Waals surface area contributed by atoms with Gasteiger partial charge in [0.05, 0.1) is 11.4 Å². The highest BCUT2D eigenvalue weighted by Gasteiger charge is 2.11. The Hall–Kier alpha value is -3.33. The number of nitrogens with one attached hydrogen (secondary N) is 1. The smallest absolute Gasteiger partial charge is 0.252 e. The molecule has 0 fully saturated rings. The average Bonchev–Trinajstić information content (AvgIpc) is 3.16. The van der Waals surface area contributed by atoms with E-state index >= 15 is 0 Å². The molecule has 2 aromatic heterocycles. The number of thioether (sulfide) groups is 1. The van der Waals surface area contributed by atoms with Gasteiger partial charge in [0.25, 0.3) is 5.56 Å². The Morgan fingerprint density at radius 2 is 1.57 bits per heavy atom. The molecule has 0 spiro atoms. The molecule has 4 rings (SSSR count). The molecule has 0 amide bonds. The maximum absolute atomic E-state index is 13.1. The maximum atomic E-state index is 13.1.